The first-order chi connectivity index (χ1) is 14.5. The van der Waals surface area contributed by atoms with Gasteiger partial charge in [-0.2, -0.15) is 0 Å². The van der Waals surface area contributed by atoms with E-state index in [1.54, 1.807) is 24.8 Å². The molecule has 30 heavy (non-hydrogen) atoms. The number of ether oxygens (including phenoxy) is 1. The van der Waals surface area contributed by atoms with Crippen molar-refractivity contribution >= 4 is 40.6 Å². The first kappa shape index (κ1) is 19.5. The molecule has 0 spiro atoms. The van der Waals surface area contributed by atoms with E-state index < -0.39 is 6.10 Å². The summed E-state index contributed by atoms with van der Waals surface area (Å²) in [5, 5.41) is 9.21. The molecule has 2 aromatic heterocycles. The molecule has 8 nitrogen and oxygen atoms in total. The fourth-order valence-electron chi connectivity index (χ4n) is 4.37. The molecule has 2 atom stereocenters. The Bertz CT molecular complexity index is 1120. The van der Waals surface area contributed by atoms with E-state index in [1.807, 2.05) is 22.3 Å². The Kier molecular flexibility index (Phi) is 5.00. The van der Waals surface area contributed by atoms with Crippen LogP contribution >= 0.6 is 23.2 Å². The van der Waals surface area contributed by atoms with Gasteiger partial charge in [0.25, 0.3) is 5.91 Å². The highest BCUT2D eigenvalue weighted by Crippen LogP contribution is 2.37. The van der Waals surface area contributed by atoms with Gasteiger partial charge in [0.05, 0.1) is 31.6 Å². The molecule has 10 heteroatoms. The Morgan fingerprint density at radius 1 is 1.23 bits per heavy atom. The van der Waals surface area contributed by atoms with Gasteiger partial charge >= 0.3 is 0 Å². The topological polar surface area (TPSA) is 75.9 Å². The lowest BCUT2D eigenvalue weighted by Gasteiger charge is -2.40. The van der Waals surface area contributed by atoms with Gasteiger partial charge in [0.1, 0.15) is 12.1 Å². The zero-order chi connectivity index (χ0) is 20.8. The van der Waals surface area contributed by atoms with Gasteiger partial charge in [-0.05, 0) is 36.6 Å². The maximum Gasteiger partial charge on any atom is 0.254 e. The minimum absolute atomic E-state index is 0.0345. The van der Waals surface area contributed by atoms with Crippen LogP contribution in [0.5, 0.6) is 0 Å². The number of nitrogens with zero attached hydrogens (tertiary/aromatic N) is 6. The van der Waals surface area contributed by atoms with E-state index in [-0.39, 0.29) is 11.9 Å². The van der Waals surface area contributed by atoms with Crippen LogP contribution in [0, 0.1) is 0 Å². The van der Waals surface area contributed by atoms with Crippen molar-refractivity contribution in [3.05, 3.63) is 52.0 Å². The summed E-state index contributed by atoms with van der Waals surface area (Å²) >= 11 is 12.6. The number of rotatable bonds is 2. The number of anilines is 1. The maximum absolute atomic E-state index is 13.4. The third-order valence-electron chi connectivity index (χ3n) is 5.84. The molecule has 1 saturated heterocycles. The van der Waals surface area contributed by atoms with Crippen LogP contribution in [0.3, 0.4) is 0 Å². The van der Waals surface area contributed by atoms with Crippen molar-refractivity contribution in [3.63, 3.8) is 0 Å². The molecule has 1 amide bonds. The van der Waals surface area contributed by atoms with E-state index in [0.29, 0.717) is 48.4 Å². The highest BCUT2D eigenvalue weighted by atomic mass is 35.5. The second-order valence-electron chi connectivity index (χ2n) is 7.55. The standard InChI is InChI=1S/C20H20Cl2N6O2/c1-12-19-13(6-14(21)7-15(19)22)2-3-27(12)20(29)16-10-26(4-5-30-16)18-9-23-8-17-25-24-11-28(17)18/h6-9,11-12,16H,2-5,10H2,1H3/t12-,16+/m0/s1. The Balaban J connectivity index is 1.38. The molecule has 3 aromatic rings. The Labute approximate surface area is 183 Å². The third-order valence-corrected chi connectivity index (χ3v) is 6.37. The van der Waals surface area contributed by atoms with Crippen LogP contribution in [0.4, 0.5) is 5.82 Å². The molecule has 0 radical (unpaired) electrons. The normalized spacial score (nSPS) is 21.7. The van der Waals surface area contributed by atoms with Gasteiger partial charge in [0.15, 0.2) is 11.8 Å². The molecule has 1 aromatic carbocycles. The molecule has 0 saturated carbocycles. The van der Waals surface area contributed by atoms with E-state index in [9.17, 15) is 4.79 Å². The summed E-state index contributed by atoms with van der Waals surface area (Å²) in [5.41, 5.74) is 2.73. The second-order valence-corrected chi connectivity index (χ2v) is 8.39. The number of fused-ring (bicyclic) bond motifs is 2. The molecule has 0 N–H and O–H groups in total. The van der Waals surface area contributed by atoms with Crippen molar-refractivity contribution in [2.75, 3.05) is 31.1 Å². The average Bonchev–Trinajstić information content (AvgIpc) is 3.22. The lowest BCUT2D eigenvalue weighted by atomic mass is 9.93. The minimum atomic E-state index is -0.569. The van der Waals surface area contributed by atoms with Crippen molar-refractivity contribution in [1.82, 2.24) is 24.5 Å². The molecule has 4 heterocycles. The van der Waals surface area contributed by atoms with Crippen LogP contribution in [-0.4, -0.2) is 62.7 Å². The van der Waals surface area contributed by atoms with Gasteiger partial charge in [-0.25, -0.2) is 0 Å². The molecular formula is C20H20Cl2N6O2. The van der Waals surface area contributed by atoms with Crippen LogP contribution in [-0.2, 0) is 16.0 Å². The van der Waals surface area contributed by atoms with Gasteiger partial charge in [-0.15, -0.1) is 10.2 Å². The zero-order valence-electron chi connectivity index (χ0n) is 16.3. The largest absolute Gasteiger partial charge is 0.365 e. The quantitative estimate of drug-likeness (QED) is 0.602. The number of morpholine rings is 1. The fraction of sp³-hybridized carbons (Fsp3) is 0.400. The molecule has 2 aliphatic heterocycles. The number of hydrogen-bond donors (Lipinski definition) is 0. The number of amides is 1. The van der Waals surface area contributed by atoms with Gasteiger partial charge in [-0.3, -0.25) is 14.2 Å². The summed E-state index contributed by atoms with van der Waals surface area (Å²) < 4.78 is 7.74. The van der Waals surface area contributed by atoms with E-state index in [0.717, 1.165) is 16.9 Å². The predicted molar refractivity (Wildman–Crippen MR) is 113 cm³/mol. The van der Waals surface area contributed by atoms with Gasteiger partial charge in [-0.1, -0.05) is 23.2 Å². The van der Waals surface area contributed by atoms with Crippen LogP contribution in [0.2, 0.25) is 10.0 Å². The third kappa shape index (κ3) is 3.29. The fourth-order valence-corrected chi connectivity index (χ4v) is 5.06. The first-order valence-electron chi connectivity index (χ1n) is 9.81. The summed E-state index contributed by atoms with van der Waals surface area (Å²) in [7, 11) is 0. The molecule has 5 rings (SSSR count). The highest BCUT2D eigenvalue weighted by Gasteiger charge is 2.36. The summed E-state index contributed by atoms with van der Waals surface area (Å²) in [6, 6.07) is 3.53. The Hall–Kier alpha value is -2.42. The molecule has 0 bridgehead atoms. The maximum atomic E-state index is 13.4. The predicted octanol–water partition coefficient (Wildman–Crippen LogP) is 2.78. The molecule has 156 valence electrons. The summed E-state index contributed by atoms with van der Waals surface area (Å²) in [6.07, 6.45) is 5.21. The smallest absolute Gasteiger partial charge is 0.254 e. The first-order valence-corrected chi connectivity index (χ1v) is 10.6. The minimum Gasteiger partial charge on any atom is -0.365 e. The molecule has 2 aliphatic rings. The number of halogens is 2. The average molecular weight is 447 g/mol. The SMILES string of the molecule is C[C@H]1c2c(Cl)cc(Cl)cc2CCN1C(=O)[C@H]1CN(c2cncc3nncn23)CCO1. The second kappa shape index (κ2) is 7.68. The lowest BCUT2D eigenvalue weighted by Crippen LogP contribution is -2.53. The Morgan fingerprint density at radius 2 is 2.10 bits per heavy atom. The number of carbonyl (C=O) groups is 1. The molecular weight excluding hydrogens is 427 g/mol. The zero-order valence-corrected chi connectivity index (χ0v) is 17.8. The Morgan fingerprint density at radius 3 is 2.97 bits per heavy atom. The van der Waals surface area contributed by atoms with E-state index in [1.165, 1.54) is 0 Å². The number of carbonyl (C=O) groups excluding carboxylic acids is 1. The molecule has 0 unspecified atom stereocenters. The summed E-state index contributed by atoms with van der Waals surface area (Å²) in [5.74, 6) is 0.807. The van der Waals surface area contributed by atoms with Crippen LogP contribution in [0.1, 0.15) is 24.1 Å². The van der Waals surface area contributed by atoms with Crippen LogP contribution in [0.25, 0.3) is 5.65 Å². The van der Waals surface area contributed by atoms with E-state index in [2.05, 4.69) is 20.1 Å². The van der Waals surface area contributed by atoms with E-state index in [4.69, 9.17) is 27.9 Å². The highest BCUT2D eigenvalue weighted by molar-refractivity contribution is 6.35. The lowest BCUT2D eigenvalue weighted by molar-refractivity contribution is -0.147. The van der Waals surface area contributed by atoms with Crippen LogP contribution in [0.15, 0.2) is 30.9 Å². The summed E-state index contributed by atoms with van der Waals surface area (Å²) in [6.45, 7) is 4.14. The van der Waals surface area contributed by atoms with Crippen molar-refractivity contribution in [2.24, 2.45) is 0 Å². The molecule has 0 aliphatic carbocycles. The van der Waals surface area contributed by atoms with E-state index >= 15 is 0 Å². The van der Waals surface area contributed by atoms with Crippen molar-refractivity contribution < 1.29 is 9.53 Å². The van der Waals surface area contributed by atoms with Crippen molar-refractivity contribution in [3.8, 4) is 0 Å². The van der Waals surface area contributed by atoms with Gasteiger partial charge in [0.2, 0.25) is 0 Å². The van der Waals surface area contributed by atoms with Gasteiger partial charge in [0, 0.05) is 23.1 Å². The monoisotopic (exact) mass is 446 g/mol. The number of benzene rings is 1. The number of hydrogen-bond acceptors (Lipinski definition) is 6. The number of aromatic nitrogens is 4. The molecule has 1 fully saturated rings. The van der Waals surface area contributed by atoms with Gasteiger partial charge < -0.3 is 14.5 Å². The summed E-state index contributed by atoms with van der Waals surface area (Å²) in [4.78, 5) is 21.6. The van der Waals surface area contributed by atoms with Crippen LogP contribution < -0.4 is 4.90 Å². The van der Waals surface area contributed by atoms with Crippen molar-refractivity contribution in [1.29, 1.82) is 0 Å². The van der Waals surface area contributed by atoms with Crippen molar-refractivity contribution in [2.45, 2.75) is 25.5 Å².